The Morgan fingerprint density at radius 2 is 1.64 bits per heavy atom. The quantitative estimate of drug-likeness (QED) is 0.843. The summed E-state index contributed by atoms with van der Waals surface area (Å²) >= 11 is 1.16. The van der Waals surface area contributed by atoms with Crippen LogP contribution in [0, 0.1) is 0 Å². The van der Waals surface area contributed by atoms with E-state index in [1.165, 1.54) is 28.4 Å². The molecule has 0 radical (unpaired) electrons. The molecule has 0 saturated carbocycles. The summed E-state index contributed by atoms with van der Waals surface area (Å²) in [7, 11) is 5.86. The highest BCUT2D eigenvalue weighted by molar-refractivity contribution is 7.19. The fourth-order valence-electron chi connectivity index (χ4n) is 1.96. The van der Waals surface area contributed by atoms with Crippen LogP contribution in [0.25, 0.3) is 10.4 Å². The maximum atomic E-state index is 11.9. The van der Waals surface area contributed by atoms with E-state index >= 15 is 0 Å². The summed E-state index contributed by atoms with van der Waals surface area (Å²) in [6.45, 7) is 0. The molecular formula is C14H16N2O5S. The van der Waals surface area contributed by atoms with E-state index in [4.69, 9.17) is 24.7 Å². The highest BCUT2D eigenvalue weighted by Gasteiger charge is 2.23. The predicted molar refractivity (Wildman–Crippen MR) is 83.0 cm³/mol. The van der Waals surface area contributed by atoms with Crippen molar-refractivity contribution in [3.63, 3.8) is 0 Å². The third-order valence-corrected chi connectivity index (χ3v) is 3.89. The van der Waals surface area contributed by atoms with Gasteiger partial charge in [-0.15, -0.1) is 0 Å². The summed E-state index contributed by atoms with van der Waals surface area (Å²) in [5.41, 5.74) is 6.49. The Hall–Kier alpha value is -2.48. The SMILES string of the molecule is COC(=O)c1nc(N)sc1-c1cc(OC)c(OC)cc1OC. The summed E-state index contributed by atoms with van der Waals surface area (Å²) in [6, 6.07) is 3.38. The largest absolute Gasteiger partial charge is 0.496 e. The Bertz CT molecular complexity index is 699. The number of ether oxygens (including phenoxy) is 4. The van der Waals surface area contributed by atoms with Crippen molar-refractivity contribution in [3.8, 4) is 27.7 Å². The Kier molecular flexibility index (Phi) is 4.71. The Labute approximate surface area is 131 Å². The van der Waals surface area contributed by atoms with Crippen LogP contribution in [0.4, 0.5) is 5.13 Å². The average molecular weight is 324 g/mol. The molecule has 0 atom stereocenters. The lowest BCUT2D eigenvalue weighted by Crippen LogP contribution is -2.04. The number of hydrogen-bond donors (Lipinski definition) is 1. The molecule has 0 spiro atoms. The number of thiazole rings is 1. The summed E-state index contributed by atoms with van der Waals surface area (Å²) in [4.78, 5) is 16.4. The number of hydrogen-bond acceptors (Lipinski definition) is 8. The predicted octanol–water partition coefficient (Wildman–Crippen LogP) is 2.20. The minimum atomic E-state index is -0.570. The van der Waals surface area contributed by atoms with Gasteiger partial charge in [-0.05, 0) is 6.07 Å². The molecule has 0 aliphatic heterocycles. The maximum absolute atomic E-state index is 11.9. The lowest BCUT2D eigenvalue weighted by Gasteiger charge is -2.13. The molecule has 22 heavy (non-hydrogen) atoms. The number of nitrogen functional groups attached to an aromatic ring is 1. The van der Waals surface area contributed by atoms with Crippen molar-refractivity contribution in [1.29, 1.82) is 0 Å². The molecular weight excluding hydrogens is 308 g/mol. The van der Waals surface area contributed by atoms with Gasteiger partial charge in [0, 0.05) is 11.6 Å². The Balaban J connectivity index is 2.69. The smallest absolute Gasteiger partial charge is 0.358 e. The van der Waals surface area contributed by atoms with E-state index < -0.39 is 5.97 Å². The molecule has 0 saturated heterocycles. The highest BCUT2D eigenvalue weighted by Crippen LogP contribution is 2.43. The number of nitrogens with zero attached hydrogens (tertiary/aromatic N) is 1. The molecule has 1 aromatic carbocycles. The van der Waals surface area contributed by atoms with Crippen LogP contribution < -0.4 is 19.9 Å². The normalized spacial score (nSPS) is 10.2. The van der Waals surface area contributed by atoms with Crippen LogP contribution in [0.3, 0.4) is 0 Å². The van der Waals surface area contributed by atoms with Crippen LogP contribution in [0.2, 0.25) is 0 Å². The number of benzene rings is 1. The fraction of sp³-hybridized carbons (Fsp3) is 0.286. The minimum Gasteiger partial charge on any atom is -0.496 e. The third kappa shape index (κ3) is 2.77. The molecule has 1 aromatic heterocycles. The van der Waals surface area contributed by atoms with Crippen molar-refractivity contribution in [2.75, 3.05) is 34.2 Å². The standard InChI is InChI=1S/C14H16N2O5S/c1-18-8-6-10(20-3)9(19-2)5-7(8)12-11(13(17)21-4)16-14(15)22-12/h5-6H,1-4H3,(H2,15,16). The Morgan fingerprint density at radius 1 is 1.05 bits per heavy atom. The lowest BCUT2D eigenvalue weighted by atomic mass is 10.1. The number of aromatic nitrogens is 1. The molecule has 2 aromatic rings. The first-order chi connectivity index (χ1) is 10.5. The van der Waals surface area contributed by atoms with Crippen molar-refractivity contribution in [2.24, 2.45) is 0 Å². The van der Waals surface area contributed by atoms with E-state index in [-0.39, 0.29) is 10.8 Å². The summed E-state index contributed by atoms with van der Waals surface area (Å²) in [5, 5.41) is 0.257. The average Bonchev–Trinajstić information content (AvgIpc) is 2.94. The molecule has 1 heterocycles. The first-order valence-corrected chi connectivity index (χ1v) is 7.02. The molecule has 0 amide bonds. The first-order valence-electron chi connectivity index (χ1n) is 6.20. The molecule has 0 aliphatic rings. The zero-order chi connectivity index (χ0) is 16.3. The van der Waals surface area contributed by atoms with Crippen LogP contribution in [-0.4, -0.2) is 39.4 Å². The van der Waals surface area contributed by atoms with Gasteiger partial charge in [0.2, 0.25) is 0 Å². The summed E-state index contributed by atoms with van der Waals surface area (Å²) < 4.78 is 20.6. The van der Waals surface area contributed by atoms with E-state index in [1.807, 2.05) is 0 Å². The van der Waals surface area contributed by atoms with Crippen LogP contribution in [0.1, 0.15) is 10.5 Å². The second kappa shape index (κ2) is 6.52. The van der Waals surface area contributed by atoms with Gasteiger partial charge in [0.05, 0.1) is 33.3 Å². The number of anilines is 1. The summed E-state index contributed by atoms with van der Waals surface area (Å²) in [5.74, 6) is 0.951. The topological polar surface area (TPSA) is 92.9 Å². The van der Waals surface area contributed by atoms with Crippen LogP contribution in [0.5, 0.6) is 17.2 Å². The number of carbonyl (C=O) groups is 1. The van der Waals surface area contributed by atoms with Gasteiger partial charge in [-0.1, -0.05) is 11.3 Å². The molecule has 0 fully saturated rings. The molecule has 8 heteroatoms. The highest BCUT2D eigenvalue weighted by atomic mass is 32.1. The number of nitrogens with two attached hydrogens (primary N) is 1. The van der Waals surface area contributed by atoms with E-state index in [0.29, 0.717) is 27.7 Å². The molecule has 0 unspecified atom stereocenters. The molecule has 0 bridgehead atoms. The van der Waals surface area contributed by atoms with E-state index in [0.717, 1.165) is 11.3 Å². The molecule has 2 N–H and O–H groups in total. The number of carbonyl (C=O) groups excluding carboxylic acids is 1. The van der Waals surface area contributed by atoms with Gasteiger partial charge < -0.3 is 24.7 Å². The number of esters is 1. The number of methoxy groups -OCH3 is 4. The molecule has 118 valence electrons. The van der Waals surface area contributed by atoms with Gasteiger partial charge in [0.25, 0.3) is 0 Å². The fourth-order valence-corrected chi connectivity index (χ4v) is 2.80. The van der Waals surface area contributed by atoms with E-state index in [9.17, 15) is 4.79 Å². The first kappa shape index (κ1) is 15.9. The Morgan fingerprint density at radius 3 is 2.18 bits per heavy atom. The van der Waals surface area contributed by atoms with Crippen molar-refractivity contribution in [1.82, 2.24) is 4.98 Å². The second-order valence-corrected chi connectivity index (χ2v) is 5.16. The van der Waals surface area contributed by atoms with Gasteiger partial charge in [0.15, 0.2) is 22.3 Å². The zero-order valence-electron chi connectivity index (χ0n) is 12.6. The zero-order valence-corrected chi connectivity index (χ0v) is 13.4. The van der Waals surface area contributed by atoms with E-state index in [1.54, 1.807) is 12.1 Å². The monoisotopic (exact) mass is 324 g/mol. The summed E-state index contributed by atoms with van der Waals surface area (Å²) in [6.07, 6.45) is 0. The lowest BCUT2D eigenvalue weighted by molar-refractivity contribution is 0.0596. The van der Waals surface area contributed by atoms with Crippen LogP contribution in [-0.2, 0) is 4.74 Å². The molecule has 7 nitrogen and oxygen atoms in total. The van der Waals surface area contributed by atoms with Gasteiger partial charge in [0.1, 0.15) is 5.75 Å². The second-order valence-electron chi connectivity index (χ2n) is 4.13. The molecule has 2 rings (SSSR count). The third-order valence-electron chi connectivity index (χ3n) is 2.97. The van der Waals surface area contributed by atoms with E-state index in [2.05, 4.69) is 4.98 Å². The molecule has 0 aliphatic carbocycles. The van der Waals surface area contributed by atoms with Crippen LogP contribution in [0.15, 0.2) is 12.1 Å². The minimum absolute atomic E-state index is 0.135. The van der Waals surface area contributed by atoms with Crippen molar-refractivity contribution in [3.05, 3.63) is 17.8 Å². The van der Waals surface area contributed by atoms with Gasteiger partial charge >= 0.3 is 5.97 Å². The van der Waals surface area contributed by atoms with Gasteiger partial charge in [-0.3, -0.25) is 0 Å². The van der Waals surface area contributed by atoms with Crippen molar-refractivity contribution < 1.29 is 23.7 Å². The van der Waals surface area contributed by atoms with Gasteiger partial charge in [-0.25, -0.2) is 9.78 Å². The van der Waals surface area contributed by atoms with Gasteiger partial charge in [-0.2, -0.15) is 0 Å². The van der Waals surface area contributed by atoms with Crippen molar-refractivity contribution >= 4 is 22.4 Å². The van der Waals surface area contributed by atoms with Crippen LogP contribution >= 0.6 is 11.3 Å². The number of rotatable bonds is 5. The maximum Gasteiger partial charge on any atom is 0.358 e. The van der Waals surface area contributed by atoms with Crippen molar-refractivity contribution in [2.45, 2.75) is 0 Å².